The summed E-state index contributed by atoms with van der Waals surface area (Å²) in [5, 5.41) is 0. The highest BCUT2D eigenvalue weighted by Crippen LogP contribution is 2.25. The van der Waals surface area contributed by atoms with Crippen molar-refractivity contribution in [1.29, 1.82) is 0 Å². The maximum Gasteiger partial charge on any atom is -0.0299 e. The van der Waals surface area contributed by atoms with Crippen molar-refractivity contribution in [3.63, 3.8) is 0 Å². The van der Waals surface area contributed by atoms with E-state index in [0.717, 1.165) is 0 Å². The van der Waals surface area contributed by atoms with Crippen molar-refractivity contribution >= 4 is 0 Å². The number of allylic oxidation sites excluding steroid dienone is 2. The van der Waals surface area contributed by atoms with Crippen LogP contribution in [-0.4, -0.2) is 0 Å². The lowest BCUT2D eigenvalue weighted by Gasteiger charge is -2.20. The molecule has 0 bridgehead atoms. The van der Waals surface area contributed by atoms with Gasteiger partial charge in [-0.1, -0.05) is 60.1 Å². The number of hydrogen-bond donors (Lipinski definition) is 0. The molecule has 0 aromatic carbocycles. The molecule has 0 saturated carbocycles. The highest BCUT2D eigenvalue weighted by Gasteiger charge is 2.12. The van der Waals surface area contributed by atoms with E-state index in [4.69, 9.17) is 0 Å². The van der Waals surface area contributed by atoms with E-state index in [1.54, 1.807) is 0 Å². The summed E-state index contributed by atoms with van der Waals surface area (Å²) in [5.74, 6) is 0. The average Bonchev–Trinajstić information content (AvgIpc) is 1.97. The highest BCUT2D eigenvalue weighted by atomic mass is 14.2. The normalized spacial score (nSPS) is 14.0. The quantitative estimate of drug-likeness (QED) is 0.548. The second-order valence-electron chi connectivity index (χ2n) is 5.96. The minimum atomic E-state index is 0.437. The van der Waals surface area contributed by atoms with E-state index in [2.05, 4.69) is 53.7 Å². The fourth-order valence-electron chi connectivity index (χ4n) is 0.984. The van der Waals surface area contributed by atoms with E-state index in [1.807, 2.05) is 0 Å². The van der Waals surface area contributed by atoms with Gasteiger partial charge in [0.05, 0.1) is 0 Å². The van der Waals surface area contributed by atoms with Crippen LogP contribution in [0.4, 0.5) is 0 Å². The van der Waals surface area contributed by atoms with Crippen LogP contribution in [0.25, 0.3) is 0 Å². The zero-order valence-corrected chi connectivity index (χ0v) is 10.3. The molecule has 0 atom stereocenters. The van der Waals surface area contributed by atoms with E-state index >= 15 is 0 Å². The van der Waals surface area contributed by atoms with Crippen molar-refractivity contribution in [1.82, 2.24) is 0 Å². The van der Waals surface area contributed by atoms with Gasteiger partial charge in [0.25, 0.3) is 0 Å². The molecule has 0 spiro atoms. The predicted octanol–water partition coefficient (Wildman–Crippen LogP) is 4.81. The number of hydrogen-bond acceptors (Lipinski definition) is 0. The van der Waals surface area contributed by atoms with Gasteiger partial charge < -0.3 is 0 Å². The van der Waals surface area contributed by atoms with E-state index < -0.39 is 0 Å². The van der Waals surface area contributed by atoms with Gasteiger partial charge in [0.1, 0.15) is 0 Å². The summed E-state index contributed by atoms with van der Waals surface area (Å²) >= 11 is 0. The fourth-order valence-corrected chi connectivity index (χ4v) is 0.984. The molecule has 0 fully saturated rings. The van der Waals surface area contributed by atoms with Crippen LogP contribution in [0.3, 0.4) is 0 Å². The Bertz CT molecular complexity index is 155. The van der Waals surface area contributed by atoms with Crippen LogP contribution in [0, 0.1) is 10.8 Å². The zero-order chi connectivity index (χ0) is 10.5. The molecule has 0 amide bonds. The first-order chi connectivity index (χ1) is 5.77. The molecule has 0 nitrogen and oxygen atoms in total. The molecule has 0 aliphatic heterocycles. The molecule has 0 unspecified atom stereocenters. The third-order valence-electron chi connectivity index (χ3n) is 2.52. The van der Waals surface area contributed by atoms with Gasteiger partial charge in [-0.2, -0.15) is 0 Å². The Hall–Kier alpha value is -0.260. The lowest BCUT2D eigenvalue weighted by Crippen LogP contribution is -2.07. The monoisotopic (exact) mass is 182 g/mol. The molecule has 0 aromatic rings. The lowest BCUT2D eigenvalue weighted by molar-refractivity contribution is 0.355. The van der Waals surface area contributed by atoms with Crippen LogP contribution in [0.2, 0.25) is 0 Å². The van der Waals surface area contributed by atoms with Crippen LogP contribution >= 0.6 is 0 Å². The summed E-state index contributed by atoms with van der Waals surface area (Å²) in [6, 6.07) is 0. The van der Waals surface area contributed by atoms with Crippen LogP contribution in [0.15, 0.2) is 12.2 Å². The molecule has 0 heterocycles. The van der Waals surface area contributed by atoms with Crippen molar-refractivity contribution in [2.24, 2.45) is 10.8 Å². The molecule has 13 heavy (non-hydrogen) atoms. The van der Waals surface area contributed by atoms with Crippen molar-refractivity contribution < 1.29 is 0 Å². The van der Waals surface area contributed by atoms with E-state index in [1.165, 1.54) is 19.3 Å². The van der Waals surface area contributed by atoms with Crippen molar-refractivity contribution in [2.75, 3.05) is 0 Å². The van der Waals surface area contributed by atoms with Gasteiger partial charge in [-0.05, 0) is 23.7 Å². The molecular weight excluding hydrogens is 156 g/mol. The minimum absolute atomic E-state index is 0.437. The zero-order valence-electron chi connectivity index (χ0n) is 10.3. The van der Waals surface area contributed by atoms with Gasteiger partial charge in [0.15, 0.2) is 0 Å². The SMILES string of the molecule is CCC(C)(C)C/C=C\CC(C)(C)C. The average molecular weight is 182 g/mol. The van der Waals surface area contributed by atoms with Crippen molar-refractivity contribution in [2.45, 2.75) is 60.8 Å². The van der Waals surface area contributed by atoms with Gasteiger partial charge in [-0.25, -0.2) is 0 Å². The van der Waals surface area contributed by atoms with Gasteiger partial charge >= 0.3 is 0 Å². The van der Waals surface area contributed by atoms with Gasteiger partial charge in [-0.15, -0.1) is 0 Å². The second kappa shape index (κ2) is 4.83. The first-order valence-corrected chi connectivity index (χ1v) is 5.42. The van der Waals surface area contributed by atoms with E-state index in [0.29, 0.717) is 10.8 Å². The summed E-state index contributed by atoms with van der Waals surface area (Å²) in [6.45, 7) is 13.8. The molecule has 0 aromatic heterocycles. The van der Waals surface area contributed by atoms with Crippen LogP contribution < -0.4 is 0 Å². The smallest absolute Gasteiger partial charge is 0.0299 e. The Morgan fingerprint density at radius 3 is 1.69 bits per heavy atom. The van der Waals surface area contributed by atoms with Crippen LogP contribution in [0.1, 0.15) is 60.8 Å². The van der Waals surface area contributed by atoms with E-state index in [-0.39, 0.29) is 0 Å². The minimum Gasteiger partial charge on any atom is -0.0880 e. The van der Waals surface area contributed by atoms with Crippen LogP contribution in [0.5, 0.6) is 0 Å². The maximum atomic E-state index is 2.34. The fraction of sp³-hybridized carbons (Fsp3) is 0.846. The molecule has 0 aliphatic carbocycles. The first kappa shape index (κ1) is 12.7. The Balaban J connectivity index is 3.77. The van der Waals surface area contributed by atoms with Gasteiger partial charge in [0.2, 0.25) is 0 Å². The second-order valence-corrected chi connectivity index (χ2v) is 5.96. The van der Waals surface area contributed by atoms with E-state index in [9.17, 15) is 0 Å². The Kier molecular flexibility index (Phi) is 4.74. The third kappa shape index (κ3) is 8.08. The molecular formula is C13H26. The Morgan fingerprint density at radius 2 is 1.31 bits per heavy atom. The van der Waals surface area contributed by atoms with Crippen molar-refractivity contribution in [3.8, 4) is 0 Å². The Labute approximate surface area is 84.4 Å². The van der Waals surface area contributed by atoms with Gasteiger partial charge in [0, 0.05) is 0 Å². The Morgan fingerprint density at radius 1 is 0.846 bits per heavy atom. The maximum absolute atomic E-state index is 2.34. The summed E-state index contributed by atoms with van der Waals surface area (Å²) in [6.07, 6.45) is 8.32. The molecule has 0 N–H and O–H groups in total. The largest absolute Gasteiger partial charge is 0.0880 e. The molecule has 0 heteroatoms. The molecule has 0 aliphatic rings. The third-order valence-corrected chi connectivity index (χ3v) is 2.52. The molecule has 0 radical (unpaired) electrons. The van der Waals surface area contributed by atoms with Crippen LogP contribution in [-0.2, 0) is 0 Å². The van der Waals surface area contributed by atoms with Gasteiger partial charge in [-0.3, -0.25) is 0 Å². The topological polar surface area (TPSA) is 0 Å². The molecule has 0 rings (SSSR count). The molecule has 0 saturated heterocycles. The first-order valence-electron chi connectivity index (χ1n) is 5.42. The number of rotatable bonds is 4. The summed E-state index contributed by atoms with van der Waals surface area (Å²) in [7, 11) is 0. The standard InChI is InChI=1S/C13H26/c1-7-13(5,6)11-9-8-10-12(2,3)4/h8-9H,7,10-11H2,1-6H3/b9-8-. The lowest BCUT2D eigenvalue weighted by atomic mass is 9.85. The highest BCUT2D eigenvalue weighted by molar-refractivity contribution is 4.89. The summed E-state index contributed by atoms with van der Waals surface area (Å²) < 4.78 is 0. The predicted molar refractivity (Wildman–Crippen MR) is 61.9 cm³/mol. The molecule has 78 valence electrons. The summed E-state index contributed by atoms with van der Waals surface area (Å²) in [4.78, 5) is 0. The summed E-state index contributed by atoms with van der Waals surface area (Å²) in [5.41, 5.74) is 0.918. The van der Waals surface area contributed by atoms with Crippen molar-refractivity contribution in [3.05, 3.63) is 12.2 Å².